The van der Waals surface area contributed by atoms with E-state index in [-0.39, 0.29) is 38.6 Å². The van der Waals surface area contributed by atoms with Crippen molar-refractivity contribution in [1.29, 1.82) is 0 Å². The number of nitrogens with one attached hydrogen (secondary N) is 3. The monoisotopic (exact) mass is 549 g/mol. The molecule has 2 aromatic rings. The van der Waals surface area contributed by atoms with E-state index in [0.29, 0.717) is 0 Å². The number of carboxylic acids is 1. The molecule has 2 aliphatic rings. The predicted molar refractivity (Wildman–Crippen MR) is 143 cm³/mol. The van der Waals surface area contributed by atoms with E-state index in [1.54, 1.807) is 0 Å². The van der Waals surface area contributed by atoms with Crippen LogP contribution in [0.1, 0.15) is 29.9 Å². The second-order valence-electron chi connectivity index (χ2n) is 9.67. The van der Waals surface area contributed by atoms with Crippen LogP contribution in [0, 0.1) is 11.8 Å². The molecular weight excluding hydrogens is 518 g/mol. The van der Waals surface area contributed by atoms with E-state index in [4.69, 9.17) is 14.6 Å². The summed E-state index contributed by atoms with van der Waals surface area (Å²) in [6.45, 7) is 3.29. The summed E-state index contributed by atoms with van der Waals surface area (Å²) in [6.07, 6.45) is -0.761. The largest absolute Gasteiger partial charge is 0.481 e. The number of hydrogen-bond donors (Lipinski definition) is 4. The molecule has 0 radical (unpaired) electrons. The van der Waals surface area contributed by atoms with Gasteiger partial charge in [0, 0.05) is 31.0 Å². The van der Waals surface area contributed by atoms with Crippen molar-refractivity contribution in [3.8, 4) is 11.1 Å². The summed E-state index contributed by atoms with van der Waals surface area (Å²) < 4.78 is 10.3. The molecule has 1 saturated heterocycles. The molecule has 11 nitrogen and oxygen atoms in total. The number of piperidine rings is 1. The van der Waals surface area contributed by atoms with Crippen molar-refractivity contribution in [3.05, 3.63) is 72.3 Å². The lowest BCUT2D eigenvalue weighted by Crippen LogP contribution is -2.56. The summed E-state index contributed by atoms with van der Waals surface area (Å²) in [7, 11) is 0. The van der Waals surface area contributed by atoms with Gasteiger partial charge in [0.1, 0.15) is 25.4 Å². The molecule has 1 aliphatic carbocycles. The Labute approximate surface area is 230 Å². The molecule has 1 fully saturated rings. The Hall–Kier alpha value is -4.67. The Morgan fingerprint density at radius 2 is 1.55 bits per heavy atom. The first-order valence-electron chi connectivity index (χ1n) is 12.9. The number of carbonyl (C=O) groups is 5. The number of fused-ring (bicyclic) bond motifs is 3. The highest BCUT2D eigenvalue weighted by Gasteiger charge is 2.41. The van der Waals surface area contributed by atoms with Crippen LogP contribution in [0.4, 0.5) is 9.59 Å². The van der Waals surface area contributed by atoms with Gasteiger partial charge in [-0.15, -0.1) is 0 Å². The molecule has 3 atom stereocenters. The molecule has 2 aromatic carbocycles. The standard InChI is InChI=1S/C29H31N3O8/c1-2-11-39-28(37)30-14-17-12-22(25(33)13-26(34)35)23(27(36)32-17)15-31-29(38)40-16-24-20-9-5-3-7-18(20)19-8-4-6-10-21(19)24/h2-10,17,22-24H,1,11-16H2,(H,30,37)(H,31,38)(H,32,36)(H,34,35)/t17-,22?,23+/m0/s1. The maximum Gasteiger partial charge on any atom is 0.407 e. The summed E-state index contributed by atoms with van der Waals surface area (Å²) in [4.78, 5) is 61.2. The Bertz CT molecular complexity index is 1260. The first-order chi connectivity index (χ1) is 19.3. The SMILES string of the molecule is C=CCOC(=O)NC[C@@H]1CC(C(=O)CC(=O)O)[C@@H](CNC(=O)OCC2c3ccccc3-c3ccccc32)C(=O)N1. The quantitative estimate of drug-likeness (QED) is 0.246. The van der Waals surface area contributed by atoms with E-state index in [1.165, 1.54) is 6.08 Å². The molecule has 3 amide bonds. The molecule has 4 N–H and O–H groups in total. The molecule has 210 valence electrons. The number of rotatable bonds is 11. The van der Waals surface area contributed by atoms with Gasteiger partial charge >= 0.3 is 18.2 Å². The van der Waals surface area contributed by atoms with Crippen molar-refractivity contribution in [2.24, 2.45) is 11.8 Å². The van der Waals surface area contributed by atoms with Gasteiger partial charge in [-0.1, -0.05) is 61.2 Å². The number of hydrogen-bond acceptors (Lipinski definition) is 7. The zero-order valence-corrected chi connectivity index (χ0v) is 21.8. The zero-order chi connectivity index (χ0) is 28.6. The van der Waals surface area contributed by atoms with Gasteiger partial charge in [0.15, 0.2) is 0 Å². The Balaban J connectivity index is 1.36. The maximum absolute atomic E-state index is 12.9. The van der Waals surface area contributed by atoms with Gasteiger partial charge in [0.05, 0.1) is 5.92 Å². The van der Waals surface area contributed by atoms with Gasteiger partial charge in [-0.3, -0.25) is 14.4 Å². The topological polar surface area (TPSA) is 160 Å². The average molecular weight is 550 g/mol. The molecule has 0 bridgehead atoms. The van der Waals surface area contributed by atoms with Crippen molar-refractivity contribution in [2.75, 3.05) is 26.3 Å². The Morgan fingerprint density at radius 1 is 0.950 bits per heavy atom. The number of amides is 3. The van der Waals surface area contributed by atoms with Crippen LogP contribution in [0.2, 0.25) is 0 Å². The summed E-state index contributed by atoms with van der Waals surface area (Å²) in [5.74, 6) is -4.62. The minimum atomic E-state index is -1.32. The fourth-order valence-corrected chi connectivity index (χ4v) is 5.26. The number of ether oxygens (including phenoxy) is 2. The van der Waals surface area contributed by atoms with Crippen molar-refractivity contribution >= 4 is 29.8 Å². The van der Waals surface area contributed by atoms with Crippen LogP contribution in [0.3, 0.4) is 0 Å². The third kappa shape index (κ3) is 6.66. The summed E-state index contributed by atoms with van der Waals surface area (Å²) in [5, 5.41) is 16.9. The van der Waals surface area contributed by atoms with Gasteiger partial charge in [0.25, 0.3) is 0 Å². The number of carbonyl (C=O) groups excluding carboxylic acids is 4. The highest BCUT2D eigenvalue weighted by atomic mass is 16.6. The Morgan fingerprint density at radius 3 is 2.17 bits per heavy atom. The van der Waals surface area contributed by atoms with Gasteiger partial charge in [-0.05, 0) is 28.7 Å². The van der Waals surface area contributed by atoms with Crippen LogP contribution in [-0.4, -0.2) is 67.3 Å². The smallest absolute Gasteiger partial charge is 0.407 e. The minimum absolute atomic E-state index is 0.00614. The summed E-state index contributed by atoms with van der Waals surface area (Å²) >= 11 is 0. The minimum Gasteiger partial charge on any atom is -0.481 e. The van der Waals surface area contributed by atoms with Crippen molar-refractivity contribution in [1.82, 2.24) is 16.0 Å². The van der Waals surface area contributed by atoms with Gasteiger partial charge in [-0.2, -0.15) is 0 Å². The number of aliphatic carboxylic acids is 1. The van der Waals surface area contributed by atoms with Crippen LogP contribution in [-0.2, 0) is 23.9 Å². The first-order valence-corrected chi connectivity index (χ1v) is 12.9. The lowest BCUT2D eigenvalue weighted by atomic mass is 9.78. The zero-order valence-electron chi connectivity index (χ0n) is 21.8. The molecule has 1 unspecified atom stereocenters. The molecular formula is C29H31N3O8. The molecule has 1 heterocycles. The van der Waals surface area contributed by atoms with Gasteiger partial charge in [0.2, 0.25) is 5.91 Å². The van der Waals surface area contributed by atoms with Gasteiger partial charge in [-0.25, -0.2) is 9.59 Å². The molecule has 40 heavy (non-hydrogen) atoms. The van der Waals surface area contributed by atoms with Crippen LogP contribution < -0.4 is 16.0 Å². The van der Waals surface area contributed by atoms with Crippen LogP contribution in [0.25, 0.3) is 11.1 Å². The second kappa shape index (κ2) is 12.9. The average Bonchev–Trinajstić information content (AvgIpc) is 3.26. The maximum atomic E-state index is 12.9. The molecule has 1 aliphatic heterocycles. The second-order valence-corrected chi connectivity index (χ2v) is 9.67. The fraction of sp³-hybridized carbons (Fsp3) is 0.345. The van der Waals surface area contributed by atoms with Crippen LogP contribution >= 0.6 is 0 Å². The number of carboxylic acid groups (broad SMARTS) is 1. The van der Waals surface area contributed by atoms with Gasteiger partial charge < -0.3 is 30.5 Å². The highest BCUT2D eigenvalue weighted by molar-refractivity contribution is 5.99. The van der Waals surface area contributed by atoms with E-state index in [2.05, 4.69) is 22.5 Å². The number of Topliss-reactive ketones (excluding diaryl/α,β-unsaturated/α-hetero) is 1. The van der Waals surface area contributed by atoms with E-state index < -0.39 is 54.1 Å². The molecule has 0 saturated carbocycles. The predicted octanol–water partition coefficient (Wildman–Crippen LogP) is 2.60. The Kier molecular flexibility index (Phi) is 9.15. The van der Waals surface area contributed by atoms with Crippen molar-refractivity contribution < 1.29 is 38.6 Å². The molecule has 4 rings (SSSR count). The molecule has 11 heteroatoms. The van der Waals surface area contributed by atoms with Crippen LogP contribution in [0.5, 0.6) is 0 Å². The van der Waals surface area contributed by atoms with E-state index in [9.17, 15) is 24.0 Å². The summed E-state index contributed by atoms with van der Waals surface area (Å²) in [6, 6.07) is 15.2. The number of alkyl carbamates (subject to hydrolysis) is 2. The third-order valence-electron chi connectivity index (χ3n) is 7.08. The highest BCUT2D eigenvalue weighted by Crippen LogP contribution is 2.44. The first kappa shape index (κ1) is 28.3. The summed E-state index contributed by atoms with van der Waals surface area (Å²) in [5.41, 5.74) is 4.28. The fourth-order valence-electron chi connectivity index (χ4n) is 5.26. The van der Waals surface area contributed by atoms with Crippen LogP contribution in [0.15, 0.2) is 61.2 Å². The molecule has 0 spiro atoms. The normalized spacial score (nSPS) is 19.4. The lowest BCUT2D eigenvalue weighted by molar-refractivity contribution is -0.145. The van der Waals surface area contributed by atoms with Crippen molar-refractivity contribution in [2.45, 2.75) is 24.8 Å². The number of benzene rings is 2. The lowest BCUT2D eigenvalue weighted by Gasteiger charge is -2.35. The third-order valence-corrected chi connectivity index (χ3v) is 7.08. The molecule has 0 aromatic heterocycles. The van der Waals surface area contributed by atoms with E-state index in [1.807, 2.05) is 48.5 Å². The van der Waals surface area contributed by atoms with E-state index >= 15 is 0 Å². The number of ketones is 1. The van der Waals surface area contributed by atoms with Crippen molar-refractivity contribution in [3.63, 3.8) is 0 Å². The van der Waals surface area contributed by atoms with E-state index in [0.717, 1.165) is 22.3 Å².